The predicted molar refractivity (Wildman–Crippen MR) is 162 cm³/mol. The number of aryl methyl sites for hydroxylation is 1. The average Bonchev–Trinajstić information content (AvgIpc) is 2.97. The minimum Gasteiger partial charge on any atom is -0.495 e. The van der Waals surface area contributed by atoms with E-state index in [1.165, 1.54) is 24.1 Å². The molecule has 9 heteroatoms. The van der Waals surface area contributed by atoms with Gasteiger partial charge in [0.2, 0.25) is 11.8 Å². The summed E-state index contributed by atoms with van der Waals surface area (Å²) in [4.78, 5) is 29.0. The molecule has 0 saturated heterocycles. The summed E-state index contributed by atoms with van der Waals surface area (Å²) in [5.41, 5.74) is 2.16. The number of nitrogens with zero attached hydrogens (tertiary/aromatic N) is 2. The first-order valence-corrected chi connectivity index (χ1v) is 15.4. The van der Waals surface area contributed by atoms with E-state index < -0.39 is 28.5 Å². The van der Waals surface area contributed by atoms with Crippen LogP contribution in [-0.4, -0.2) is 57.9 Å². The molecule has 0 heterocycles. The molecule has 0 aliphatic rings. The number of carbonyl (C=O) groups excluding carboxylic acids is 2. The van der Waals surface area contributed by atoms with Crippen LogP contribution in [0.3, 0.4) is 0 Å². The van der Waals surface area contributed by atoms with Crippen LogP contribution in [0.2, 0.25) is 0 Å². The Bertz CT molecular complexity index is 1390. The summed E-state index contributed by atoms with van der Waals surface area (Å²) < 4.78 is 34.6. The largest absolute Gasteiger partial charge is 0.495 e. The van der Waals surface area contributed by atoms with Gasteiger partial charge in [-0.3, -0.25) is 13.9 Å². The van der Waals surface area contributed by atoms with E-state index in [0.29, 0.717) is 25.1 Å². The molecule has 0 aliphatic carbocycles. The van der Waals surface area contributed by atoms with Crippen LogP contribution in [0, 0.1) is 12.8 Å². The molecule has 1 N–H and O–H groups in total. The van der Waals surface area contributed by atoms with Crippen LogP contribution in [0.25, 0.3) is 0 Å². The highest BCUT2D eigenvalue weighted by atomic mass is 32.2. The first-order valence-electron chi connectivity index (χ1n) is 13.9. The van der Waals surface area contributed by atoms with Gasteiger partial charge in [-0.2, -0.15) is 0 Å². The molecule has 0 spiro atoms. The van der Waals surface area contributed by atoms with Crippen molar-refractivity contribution in [1.29, 1.82) is 0 Å². The smallest absolute Gasteiger partial charge is 0.264 e. The Hall–Kier alpha value is -3.85. The number of rotatable bonds is 14. The zero-order valence-corrected chi connectivity index (χ0v) is 25.4. The number of hydrogen-bond acceptors (Lipinski definition) is 5. The lowest BCUT2D eigenvalue weighted by Crippen LogP contribution is -2.53. The van der Waals surface area contributed by atoms with Gasteiger partial charge < -0.3 is 15.0 Å². The Kier molecular flexibility index (Phi) is 11.3. The summed E-state index contributed by atoms with van der Waals surface area (Å²) in [5.74, 6) is -0.180. The fourth-order valence-corrected chi connectivity index (χ4v) is 5.93. The fourth-order valence-electron chi connectivity index (χ4n) is 4.51. The number of hydrogen-bond donors (Lipinski definition) is 1. The van der Waals surface area contributed by atoms with Crippen molar-refractivity contribution in [3.05, 3.63) is 90.0 Å². The van der Waals surface area contributed by atoms with E-state index in [0.717, 1.165) is 15.4 Å². The van der Waals surface area contributed by atoms with Gasteiger partial charge in [-0.15, -0.1) is 0 Å². The van der Waals surface area contributed by atoms with Gasteiger partial charge in [0.15, 0.2) is 0 Å². The highest BCUT2D eigenvalue weighted by Crippen LogP contribution is 2.32. The lowest BCUT2D eigenvalue weighted by atomic mass is 10.1. The van der Waals surface area contributed by atoms with Crippen molar-refractivity contribution in [1.82, 2.24) is 10.2 Å². The van der Waals surface area contributed by atoms with E-state index in [4.69, 9.17) is 4.74 Å². The number of nitrogens with one attached hydrogen (secondary N) is 1. The average molecular weight is 580 g/mol. The molecule has 3 rings (SSSR count). The molecule has 8 nitrogen and oxygen atoms in total. The number of sulfonamides is 1. The molecular formula is C32H41N3O5S. The summed E-state index contributed by atoms with van der Waals surface area (Å²) in [6.45, 7) is 7.95. The van der Waals surface area contributed by atoms with Crippen molar-refractivity contribution in [2.75, 3.05) is 31.0 Å². The fraction of sp³-hybridized carbons (Fsp3) is 0.375. The molecule has 220 valence electrons. The Morgan fingerprint density at radius 3 is 2.17 bits per heavy atom. The summed E-state index contributed by atoms with van der Waals surface area (Å²) in [6.07, 6.45) is 0.893. The van der Waals surface area contributed by atoms with Crippen LogP contribution in [0.1, 0.15) is 38.3 Å². The van der Waals surface area contributed by atoms with E-state index in [-0.39, 0.29) is 29.0 Å². The SMILES string of the molecule is CCC(C(=O)NCC(C)C)N(CCc1ccccc1)C(=O)CN(c1ccccc1OC)S(=O)(=O)c1ccc(C)cc1. The van der Waals surface area contributed by atoms with E-state index in [1.807, 2.05) is 58.0 Å². The molecule has 2 amide bonds. The molecule has 3 aromatic rings. The van der Waals surface area contributed by atoms with Gasteiger partial charge in [-0.1, -0.05) is 80.9 Å². The second-order valence-corrected chi connectivity index (χ2v) is 12.2. The van der Waals surface area contributed by atoms with Gasteiger partial charge in [0, 0.05) is 13.1 Å². The maximum atomic E-state index is 14.1. The van der Waals surface area contributed by atoms with Crippen LogP contribution in [0.15, 0.2) is 83.8 Å². The minimum atomic E-state index is -4.17. The third kappa shape index (κ3) is 8.33. The first kappa shape index (κ1) is 31.7. The van der Waals surface area contributed by atoms with Crippen molar-refractivity contribution in [3.8, 4) is 5.75 Å². The minimum absolute atomic E-state index is 0.0550. The number of carbonyl (C=O) groups is 2. The second kappa shape index (κ2) is 14.7. The molecule has 0 aromatic heterocycles. The van der Waals surface area contributed by atoms with Crippen molar-refractivity contribution in [3.63, 3.8) is 0 Å². The quantitative estimate of drug-likeness (QED) is 0.295. The zero-order valence-electron chi connectivity index (χ0n) is 24.5. The van der Waals surface area contributed by atoms with Crippen molar-refractivity contribution < 1.29 is 22.7 Å². The second-order valence-electron chi connectivity index (χ2n) is 10.4. The summed E-state index contributed by atoms with van der Waals surface area (Å²) in [7, 11) is -2.71. The van der Waals surface area contributed by atoms with E-state index in [9.17, 15) is 18.0 Å². The Balaban J connectivity index is 2.03. The zero-order chi connectivity index (χ0) is 30.0. The Labute approximate surface area is 244 Å². The molecule has 1 unspecified atom stereocenters. The lowest BCUT2D eigenvalue weighted by molar-refractivity contribution is -0.139. The third-order valence-electron chi connectivity index (χ3n) is 6.80. The normalized spacial score (nSPS) is 12.0. The number of methoxy groups -OCH3 is 1. The van der Waals surface area contributed by atoms with Gasteiger partial charge in [0.1, 0.15) is 18.3 Å². The van der Waals surface area contributed by atoms with Crippen LogP contribution in [-0.2, 0) is 26.0 Å². The first-order chi connectivity index (χ1) is 19.6. The van der Waals surface area contributed by atoms with Crippen LogP contribution >= 0.6 is 0 Å². The van der Waals surface area contributed by atoms with Gasteiger partial charge in [-0.05, 0) is 55.5 Å². The monoisotopic (exact) mass is 579 g/mol. The highest BCUT2D eigenvalue weighted by molar-refractivity contribution is 7.92. The molecule has 3 aromatic carbocycles. The molecule has 0 fully saturated rings. The number of anilines is 1. The molecule has 1 atom stereocenters. The van der Waals surface area contributed by atoms with Crippen molar-refractivity contribution in [2.45, 2.75) is 51.5 Å². The number of amides is 2. The number of ether oxygens (including phenoxy) is 1. The van der Waals surface area contributed by atoms with E-state index >= 15 is 0 Å². The molecule has 0 bridgehead atoms. The molecule has 0 saturated carbocycles. The standard InChI is InChI=1S/C32H41N3O5S/c1-6-28(32(37)33-22-24(2)3)34(21-20-26-12-8-7-9-13-26)31(36)23-35(29-14-10-11-15-30(29)40-5)41(38,39)27-18-16-25(4)17-19-27/h7-19,24,28H,6,20-23H2,1-5H3,(H,33,37). The van der Waals surface area contributed by atoms with Crippen molar-refractivity contribution in [2.24, 2.45) is 5.92 Å². The maximum Gasteiger partial charge on any atom is 0.264 e. The lowest BCUT2D eigenvalue weighted by Gasteiger charge is -2.33. The third-order valence-corrected chi connectivity index (χ3v) is 8.57. The highest BCUT2D eigenvalue weighted by Gasteiger charge is 2.34. The number of benzene rings is 3. The van der Waals surface area contributed by atoms with Crippen LogP contribution < -0.4 is 14.4 Å². The van der Waals surface area contributed by atoms with Gasteiger partial charge >= 0.3 is 0 Å². The molecule has 0 radical (unpaired) electrons. The van der Waals surface area contributed by atoms with Crippen LogP contribution in [0.4, 0.5) is 5.69 Å². The van der Waals surface area contributed by atoms with Gasteiger partial charge in [0.25, 0.3) is 10.0 Å². The Morgan fingerprint density at radius 2 is 1.56 bits per heavy atom. The Morgan fingerprint density at radius 1 is 0.927 bits per heavy atom. The number of para-hydroxylation sites is 2. The predicted octanol–water partition coefficient (Wildman–Crippen LogP) is 4.82. The van der Waals surface area contributed by atoms with Gasteiger partial charge in [0.05, 0.1) is 17.7 Å². The van der Waals surface area contributed by atoms with E-state index in [2.05, 4.69) is 5.32 Å². The molecular weight excluding hydrogens is 538 g/mol. The van der Waals surface area contributed by atoms with E-state index in [1.54, 1.807) is 36.4 Å². The summed E-state index contributed by atoms with van der Waals surface area (Å²) in [5, 5.41) is 2.95. The summed E-state index contributed by atoms with van der Waals surface area (Å²) >= 11 is 0. The molecule has 0 aliphatic heterocycles. The topological polar surface area (TPSA) is 96.0 Å². The van der Waals surface area contributed by atoms with Crippen LogP contribution in [0.5, 0.6) is 5.75 Å². The van der Waals surface area contributed by atoms with Gasteiger partial charge in [-0.25, -0.2) is 8.42 Å². The van der Waals surface area contributed by atoms with Crippen molar-refractivity contribution >= 4 is 27.5 Å². The maximum absolute atomic E-state index is 14.1. The summed E-state index contributed by atoms with van der Waals surface area (Å²) in [6, 6.07) is 22.1. The molecule has 41 heavy (non-hydrogen) atoms.